The lowest BCUT2D eigenvalue weighted by molar-refractivity contribution is 0.669. The Labute approximate surface area is 736 Å². The van der Waals surface area contributed by atoms with Crippen LogP contribution in [0, 0.1) is 34.0 Å². The number of hydrogen-bond acceptors (Lipinski definition) is 12. The van der Waals surface area contributed by atoms with E-state index in [2.05, 4.69) is 304 Å². The fourth-order valence-electron chi connectivity index (χ4n) is 19.3. The lowest BCUT2D eigenvalue weighted by atomic mass is 9.94. The Bertz CT molecular complexity index is 9200. The molecule has 0 aliphatic rings. The number of rotatable bonds is 7. The summed E-state index contributed by atoms with van der Waals surface area (Å²) in [6, 6.07) is 137. The third-order valence-corrected chi connectivity index (χ3v) is 27.3. The highest BCUT2D eigenvalue weighted by atomic mass is 32.1. The summed E-state index contributed by atoms with van der Waals surface area (Å²) < 4.78 is 18.0. The smallest absolute Gasteiger partial charge is 0.236 e. The van der Waals surface area contributed by atoms with Gasteiger partial charge < -0.3 is 8.98 Å². The minimum atomic E-state index is 0.365. The third kappa shape index (κ3) is 11.6. The van der Waals surface area contributed by atoms with Crippen LogP contribution in [0.3, 0.4) is 0 Å². The summed E-state index contributed by atoms with van der Waals surface area (Å²) in [7, 11) is 0. The van der Waals surface area contributed by atoms with Gasteiger partial charge in [0.2, 0.25) is 11.9 Å². The van der Waals surface area contributed by atoms with E-state index in [1.807, 2.05) is 132 Å². The highest BCUT2D eigenvalue weighted by Crippen LogP contribution is 2.48. The summed E-state index contributed by atoms with van der Waals surface area (Å²) in [4.78, 5) is 28.6. The number of benzene rings is 18. The molecule has 9 heterocycles. The second-order valence-electron chi connectivity index (χ2n) is 32.0. The predicted molar refractivity (Wildman–Crippen MR) is 526 cm³/mol. The van der Waals surface area contributed by atoms with Crippen molar-refractivity contribution in [2.75, 3.05) is 0 Å². The Balaban J connectivity index is 0.000000104. The molecule has 0 unspecified atom stereocenters. The first kappa shape index (κ1) is 73.3. The van der Waals surface area contributed by atoms with Crippen molar-refractivity contribution in [3.8, 4) is 80.6 Å². The number of thiophene rings is 2. The SMILES string of the molecule is N#Cc1nc(-c2ccc(-n3c4ccccc4c4c(-c5ccc6sc7ccccc7c6c5)cccc43)cc2)nc2ccccc12.N#Cc1nc(-n2c3ccccc3c3cc(-c4cc5oc6ccccc6c5c5ccccc45)ccc32)nc2ccccc12.N#Cc1nc(-n2c3ccccc3c3cc(-c4cc5sc6ccccc6c5c5ccccc45)ccc32)nc2ccccc12. The molecule has 0 N–H and O–H groups in total. The Kier molecular flexibility index (Phi) is 16.9. The standard InChI is InChI=1S/C39H22N4S.C37H20N4O.C37H20N4S/c40-23-33-29-9-1-4-12-32(29)41-39(42-33)24-16-19-26(20-17-24)43-34-13-5-2-10-30(34)38-27(11-7-14-35(38)43)25-18-21-37-31(22-25)28-8-3-6-15-36(28)44-37;2*38-21-31-26-12-3-6-14-30(26)39-37(40-31)41-32-15-7-4-10-24(32)29-19-22(17-18-33(29)41)28-20-35-36(25-11-2-1-9-23(25)28)27-13-5-8-16-34(27)42-35/h1-22H;2*1-20H. The van der Waals surface area contributed by atoms with Gasteiger partial charge in [-0.15, -0.1) is 22.7 Å². The molecule has 0 amide bonds. The fourth-order valence-corrected chi connectivity index (χ4v) is 21.6. The van der Waals surface area contributed by atoms with Gasteiger partial charge in [-0.05, 0) is 207 Å². The fraction of sp³-hybridized carbons (Fsp3) is 0. The maximum absolute atomic E-state index is 9.91. The normalized spacial score (nSPS) is 11.7. The zero-order valence-corrected chi connectivity index (χ0v) is 69.5. The van der Waals surface area contributed by atoms with Crippen LogP contribution in [0.5, 0.6) is 0 Å². The van der Waals surface area contributed by atoms with E-state index in [1.165, 1.54) is 89.4 Å². The molecule has 13 nitrogen and oxygen atoms in total. The maximum atomic E-state index is 9.91. The molecule has 0 bridgehead atoms. The molecule has 0 fully saturated rings. The summed E-state index contributed by atoms with van der Waals surface area (Å²) in [6.07, 6.45) is 0. The molecule has 0 aliphatic carbocycles. The van der Waals surface area contributed by atoms with E-state index >= 15 is 0 Å². The van der Waals surface area contributed by atoms with E-state index in [9.17, 15) is 15.8 Å². The van der Waals surface area contributed by atoms with Crippen LogP contribution in [0.1, 0.15) is 17.1 Å². The molecule has 0 atom stereocenters. The van der Waals surface area contributed by atoms with E-state index in [0.29, 0.717) is 34.8 Å². The minimum absolute atomic E-state index is 0.365. The number of para-hydroxylation sites is 7. The number of furan rings is 1. The molecule has 15 heteroatoms. The number of nitriles is 3. The first-order valence-electron chi connectivity index (χ1n) is 42.1. The maximum Gasteiger partial charge on any atom is 0.236 e. The molecule has 18 aromatic carbocycles. The predicted octanol–water partition coefficient (Wildman–Crippen LogP) is 29.4. The van der Waals surface area contributed by atoms with Crippen molar-refractivity contribution >= 4 is 205 Å². The van der Waals surface area contributed by atoms with Crippen LogP contribution in [0.2, 0.25) is 0 Å². The average Bonchev–Trinajstić information content (AvgIpc) is 1.57. The minimum Gasteiger partial charge on any atom is -0.456 e. The first-order valence-corrected chi connectivity index (χ1v) is 43.8. The molecule has 0 saturated heterocycles. The van der Waals surface area contributed by atoms with Crippen LogP contribution in [0.4, 0.5) is 0 Å². The van der Waals surface area contributed by atoms with Gasteiger partial charge in [-0.2, -0.15) is 15.8 Å². The van der Waals surface area contributed by atoms with Gasteiger partial charge in [0.15, 0.2) is 22.9 Å². The topological polar surface area (TPSA) is 177 Å². The Morgan fingerprint density at radius 2 is 0.633 bits per heavy atom. The van der Waals surface area contributed by atoms with Gasteiger partial charge in [0.25, 0.3) is 0 Å². The van der Waals surface area contributed by atoms with Gasteiger partial charge in [0, 0.05) is 111 Å². The van der Waals surface area contributed by atoms with Crippen molar-refractivity contribution < 1.29 is 4.42 Å². The second kappa shape index (κ2) is 29.4. The molecular weight excluding hydrogens is 1610 g/mol. The van der Waals surface area contributed by atoms with Crippen LogP contribution < -0.4 is 0 Å². The molecule has 0 spiro atoms. The van der Waals surface area contributed by atoms with E-state index in [-0.39, 0.29) is 0 Å². The number of aromatic nitrogens is 9. The summed E-state index contributed by atoms with van der Waals surface area (Å²) in [5, 5.41) is 51.1. The summed E-state index contributed by atoms with van der Waals surface area (Å²) in [5.74, 6) is 1.53. The zero-order valence-electron chi connectivity index (χ0n) is 67.9. The average molecular weight is 1670 g/mol. The van der Waals surface area contributed by atoms with E-state index in [4.69, 9.17) is 29.3 Å². The quantitative estimate of drug-likeness (QED) is 0.149. The molecule has 128 heavy (non-hydrogen) atoms. The van der Waals surface area contributed by atoms with E-state index < -0.39 is 0 Å². The molecule has 0 saturated carbocycles. The van der Waals surface area contributed by atoms with Crippen LogP contribution in [0.25, 0.3) is 244 Å². The van der Waals surface area contributed by atoms with Gasteiger partial charge in [-0.1, -0.05) is 224 Å². The summed E-state index contributed by atoms with van der Waals surface area (Å²) >= 11 is 3.70. The largest absolute Gasteiger partial charge is 0.456 e. The molecule has 27 rings (SSSR count). The highest BCUT2D eigenvalue weighted by molar-refractivity contribution is 7.26. The van der Waals surface area contributed by atoms with Gasteiger partial charge >= 0.3 is 0 Å². The molecule has 27 aromatic rings. The lowest BCUT2D eigenvalue weighted by Crippen LogP contribution is -2.03. The number of fused-ring (bicyclic) bond motifs is 25. The summed E-state index contributed by atoms with van der Waals surface area (Å²) in [5.41, 5.74) is 20.4. The van der Waals surface area contributed by atoms with Crippen molar-refractivity contribution in [3.05, 3.63) is 393 Å². The van der Waals surface area contributed by atoms with Gasteiger partial charge in [-0.25, -0.2) is 29.9 Å². The van der Waals surface area contributed by atoms with Crippen molar-refractivity contribution in [2.45, 2.75) is 0 Å². The zero-order chi connectivity index (χ0) is 84.8. The number of nitrogens with zero attached hydrogens (tertiary/aromatic N) is 12. The molecule has 592 valence electrons. The van der Waals surface area contributed by atoms with Crippen molar-refractivity contribution in [1.29, 1.82) is 15.8 Å². The van der Waals surface area contributed by atoms with Gasteiger partial charge in [0.1, 0.15) is 29.4 Å². The third-order valence-electron chi connectivity index (χ3n) is 25.0. The van der Waals surface area contributed by atoms with Crippen molar-refractivity contribution in [1.82, 2.24) is 43.6 Å². The van der Waals surface area contributed by atoms with Gasteiger partial charge in [0.05, 0.1) is 49.7 Å². The molecule has 0 radical (unpaired) electrons. The lowest BCUT2D eigenvalue weighted by Gasteiger charge is -2.11. The van der Waals surface area contributed by atoms with Crippen molar-refractivity contribution in [3.63, 3.8) is 0 Å². The molecule has 9 aromatic heterocycles. The van der Waals surface area contributed by atoms with E-state index in [1.54, 1.807) is 0 Å². The first-order chi connectivity index (χ1) is 63.3. The Morgan fingerprint density at radius 3 is 1.23 bits per heavy atom. The molecule has 0 aliphatic heterocycles. The van der Waals surface area contributed by atoms with E-state index in [0.717, 1.165) is 137 Å². The van der Waals surface area contributed by atoms with Crippen LogP contribution >= 0.6 is 22.7 Å². The Hall–Kier alpha value is -17.4. The second-order valence-corrected chi connectivity index (χ2v) is 34.2. The van der Waals surface area contributed by atoms with Gasteiger partial charge in [-0.3, -0.25) is 9.13 Å². The molecular formula is C113H62N12OS2. The number of hydrogen-bond donors (Lipinski definition) is 0. The summed E-state index contributed by atoms with van der Waals surface area (Å²) in [6.45, 7) is 0. The monoisotopic (exact) mass is 1670 g/mol. The van der Waals surface area contributed by atoms with Crippen molar-refractivity contribution in [2.24, 2.45) is 0 Å². The van der Waals surface area contributed by atoms with Crippen LogP contribution in [-0.2, 0) is 0 Å². The highest BCUT2D eigenvalue weighted by Gasteiger charge is 2.25. The Morgan fingerprint density at radius 1 is 0.227 bits per heavy atom. The van der Waals surface area contributed by atoms with Crippen LogP contribution in [-0.4, -0.2) is 43.6 Å². The van der Waals surface area contributed by atoms with Crippen LogP contribution in [0.15, 0.2) is 381 Å².